The lowest BCUT2D eigenvalue weighted by molar-refractivity contribution is -0.141. The maximum atomic E-state index is 12.9. The third-order valence-corrected chi connectivity index (χ3v) is 4.59. The number of amides is 1. The first-order valence-corrected chi connectivity index (χ1v) is 9.09. The van der Waals surface area contributed by atoms with Gasteiger partial charge >= 0.3 is 6.18 Å². The lowest BCUT2D eigenvalue weighted by Crippen LogP contribution is -2.25. The summed E-state index contributed by atoms with van der Waals surface area (Å²) in [5, 5.41) is 10.7. The Morgan fingerprint density at radius 2 is 1.83 bits per heavy atom. The zero-order chi connectivity index (χ0) is 21.3. The molecule has 2 heterocycles. The van der Waals surface area contributed by atoms with Crippen LogP contribution in [-0.4, -0.2) is 25.5 Å². The number of halogens is 3. The van der Waals surface area contributed by atoms with Crippen molar-refractivity contribution >= 4 is 11.6 Å². The number of carbonyl (C=O) groups is 1. The molecule has 154 valence electrons. The quantitative estimate of drug-likeness (QED) is 0.689. The predicted molar refractivity (Wildman–Crippen MR) is 103 cm³/mol. The maximum Gasteiger partial charge on any atom is 0.435 e. The first-order chi connectivity index (χ1) is 13.5. The second-order valence-electron chi connectivity index (χ2n) is 7.06. The molecule has 0 aliphatic heterocycles. The molecule has 3 rings (SSSR count). The van der Waals surface area contributed by atoms with E-state index in [1.807, 2.05) is 42.8 Å². The summed E-state index contributed by atoms with van der Waals surface area (Å²) in [5.74, 6) is -0.451. The number of carbonyl (C=O) groups excluding carboxylic acids is 1. The van der Waals surface area contributed by atoms with Gasteiger partial charge in [0.15, 0.2) is 5.69 Å². The van der Waals surface area contributed by atoms with Gasteiger partial charge in [-0.25, -0.2) is 0 Å². The molecule has 1 unspecified atom stereocenters. The van der Waals surface area contributed by atoms with Crippen LogP contribution >= 0.6 is 0 Å². The molecular weight excluding hydrogens is 383 g/mol. The minimum Gasteiger partial charge on any atom is -0.324 e. The summed E-state index contributed by atoms with van der Waals surface area (Å²) in [4.78, 5) is 12.6. The van der Waals surface area contributed by atoms with Gasteiger partial charge in [0.2, 0.25) is 5.91 Å². The zero-order valence-corrected chi connectivity index (χ0v) is 16.6. The molecule has 0 aliphatic carbocycles. The molecule has 1 atom stereocenters. The Kier molecular flexibility index (Phi) is 5.50. The largest absolute Gasteiger partial charge is 0.435 e. The van der Waals surface area contributed by atoms with Gasteiger partial charge in [-0.1, -0.05) is 12.1 Å². The van der Waals surface area contributed by atoms with Gasteiger partial charge in [-0.15, -0.1) is 0 Å². The second kappa shape index (κ2) is 7.73. The number of hydrogen-bond acceptors (Lipinski definition) is 3. The summed E-state index contributed by atoms with van der Waals surface area (Å²) in [6.07, 6.45) is -4.55. The zero-order valence-electron chi connectivity index (χ0n) is 16.6. The molecule has 0 aliphatic rings. The van der Waals surface area contributed by atoms with Crippen molar-refractivity contribution in [3.05, 3.63) is 64.7 Å². The highest BCUT2D eigenvalue weighted by Gasteiger charge is 2.35. The molecule has 0 radical (unpaired) electrons. The van der Waals surface area contributed by atoms with E-state index in [2.05, 4.69) is 15.5 Å². The molecule has 2 aromatic heterocycles. The monoisotopic (exact) mass is 405 g/mol. The molecule has 0 spiro atoms. The molecule has 9 heteroatoms. The standard InChI is InChI=1S/C20H22F3N5O/c1-12-8-13(2)27(25-12)11-16-6-5-7-17(10-16)24-19(29)15(4)28-14(3)9-18(26-28)20(21,22)23/h5-10,15H,11H2,1-4H3,(H,24,29). The fourth-order valence-electron chi connectivity index (χ4n) is 3.13. The normalized spacial score (nSPS) is 12.8. The molecule has 3 aromatic rings. The highest BCUT2D eigenvalue weighted by atomic mass is 19.4. The highest BCUT2D eigenvalue weighted by molar-refractivity contribution is 5.93. The van der Waals surface area contributed by atoms with Crippen LogP contribution in [-0.2, 0) is 17.5 Å². The fraction of sp³-hybridized carbons (Fsp3) is 0.350. The van der Waals surface area contributed by atoms with E-state index in [0.717, 1.165) is 27.7 Å². The molecule has 1 N–H and O–H groups in total. The maximum absolute atomic E-state index is 12.9. The van der Waals surface area contributed by atoms with Crippen molar-refractivity contribution in [2.24, 2.45) is 0 Å². The van der Waals surface area contributed by atoms with Crippen molar-refractivity contribution in [3.63, 3.8) is 0 Å². The highest BCUT2D eigenvalue weighted by Crippen LogP contribution is 2.29. The van der Waals surface area contributed by atoms with Crippen LogP contribution in [0.15, 0.2) is 36.4 Å². The fourth-order valence-corrected chi connectivity index (χ4v) is 3.13. The van der Waals surface area contributed by atoms with Gasteiger partial charge in [0.1, 0.15) is 6.04 Å². The minimum atomic E-state index is -4.55. The molecule has 0 fully saturated rings. The van der Waals surface area contributed by atoms with E-state index in [9.17, 15) is 18.0 Å². The van der Waals surface area contributed by atoms with Crippen molar-refractivity contribution in [2.45, 2.75) is 46.5 Å². The average Bonchev–Trinajstić information content (AvgIpc) is 3.16. The van der Waals surface area contributed by atoms with Crippen LogP contribution in [0.3, 0.4) is 0 Å². The summed E-state index contributed by atoms with van der Waals surface area (Å²) >= 11 is 0. The van der Waals surface area contributed by atoms with Crippen LogP contribution < -0.4 is 5.32 Å². The smallest absolute Gasteiger partial charge is 0.324 e. The predicted octanol–water partition coefficient (Wildman–Crippen LogP) is 4.27. The Balaban J connectivity index is 1.74. The Morgan fingerprint density at radius 3 is 2.41 bits per heavy atom. The van der Waals surface area contributed by atoms with Gasteiger partial charge in [0, 0.05) is 17.1 Å². The number of benzene rings is 1. The SMILES string of the molecule is Cc1cc(C)n(Cc2cccc(NC(=O)C(C)n3nc(C(F)(F)F)cc3C)c2)n1. The number of nitrogens with one attached hydrogen (secondary N) is 1. The van der Waals surface area contributed by atoms with E-state index < -0.39 is 23.8 Å². The topological polar surface area (TPSA) is 64.7 Å². The number of aromatic nitrogens is 4. The lowest BCUT2D eigenvalue weighted by atomic mass is 10.2. The van der Waals surface area contributed by atoms with Crippen LogP contribution in [0.1, 0.15) is 41.3 Å². The molecule has 0 bridgehead atoms. The average molecular weight is 405 g/mol. The van der Waals surface area contributed by atoms with Crippen molar-refractivity contribution in [1.82, 2.24) is 19.6 Å². The van der Waals surface area contributed by atoms with Gasteiger partial charge in [0.25, 0.3) is 0 Å². The summed E-state index contributed by atoms with van der Waals surface area (Å²) in [5.41, 5.74) is 2.70. The number of alkyl halides is 3. The summed E-state index contributed by atoms with van der Waals surface area (Å²) in [6, 6.07) is 9.29. The minimum absolute atomic E-state index is 0.262. The van der Waals surface area contributed by atoms with Gasteiger partial charge in [-0.05, 0) is 57.5 Å². The van der Waals surface area contributed by atoms with Gasteiger partial charge in [-0.3, -0.25) is 14.2 Å². The Morgan fingerprint density at radius 1 is 1.10 bits per heavy atom. The molecule has 6 nitrogen and oxygen atoms in total. The molecular formula is C20H22F3N5O. The molecule has 0 saturated heterocycles. The van der Waals surface area contributed by atoms with Crippen LogP contribution in [0.2, 0.25) is 0 Å². The molecule has 1 amide bonds. The van der Waals surface area contributed by atoms with E-state index in [4.69, 9.17) is 0 Å². The van der Waals surface area contributed by atoms with Crippen LogP contribution in [0.5, 0.6) is 0 Å². The van der Waals surface area contributed by atoms with Gasteiger partial charge in [-0.2, -0.15) is 23.4 Å². The van der Waals surface area contributed by atoms with Gasteiger partial charge < -0.3 is 5.32 Å². The number of anilines is 1. The number of aryl methyl sites for hydroxylation is 3. The third kappa shape index (κ3) is 4.67. The van der Waals surface area contributed by atoms with Crippen molar-refractivity contribution in [3.8, 4) is 0 Å². The van der Waals surface area contributed by atoms with E-state index in [1.165, 1.54) is 13.8 Å². The van der Waals surface area contributed by atoms with E-state index in [0.29, 0.717) is 12.2 Å². The van der Waals surface area contributed by atoms with Gasteiger partial charge in [0.05, 0.1) is 12.2 Å². The summed E-state index contributed by atoms with van der Waals surface area (Å²) in [6.45, 7) is 7.43. The molecule has 29 heavy (non-hydrogen) atoms. The number of hydrogen-bond donors (Lipinski definition) is 1. The van der Waals surface area contributed by atoms with Crippen LogP contribution in [0.25, 0.3) is 0 Å². The number of nitrogens with zero attached hydrogens (tertiary/aromatic N) is 4. The first kappa shape index (κ1) is 20.6. The van der Waals surface area contributed by atoms with Crippen molar-refractivity contribution in [1.29, 1.82) is 0 Å². The Hall–Kier alpha value is -3.10. The van der Waals surface area contributed by atoms with Crippen LogP contribution in [0.4, 0.5) is 18.9 Å². The summed E-state index contributed by atoms with van der Waals surface area (Å²) in [7, 11) is 0. The van der Waals surface area contributed by atoms with E-state index >= 15 is 0 Å². The summed E-state index contributed by atoms with van der Waals surface area (Å²) < 4.78 is 41.5. The van der Waals surface area contributed by atoms with E-state index in [-0.39, 0.29) is 5.69 Å². The number of rotatable bonds is 5. The molecule has 0 saturated carbocycles. The van der Waals surface area contributed by atoms with Crippen molar-refractivity contribution < 1.29 is 18.0 Å². The Labute approximate surface area is 166 Å². The van der Waals surface area contributed by atoms with E-state index in [1.54, 1.807) is 6.07 Å². The van der Waals surface area contributed by atoms with Crippen molar-refractivity contribution in [2.75, 3.05) is 5.32 Å². The Bertz CT molecular complexity index is 1040. The van der Waals surface area contributed by atoms with Crippen LogP contribution in [0, 0.1) is 20.8 Å². The lowest BCUT2D eigenvalue weighted by Gasteiger charge is -2.15. The first-order valence-electron chi connectivity index (χ1n) is 9.09. The molecule has 1 aromatic carbocycles. The second-order valence-corrected chi connectivity index (χ2v) is 7.06. The third-order valence-electron chi connectivity index (χ3n) is 4.59.